The van der Waals surface area contributed by atoms with Gasteiger partial charge in [0.15, 0.2) is 0 Å². The Hall–Kier alpha value is -2.24. The summed E-state index contributed by atoms with van der Waals surface area (Å²) in [7, 11) is -2.99. The molecule has 0 bridgehead atoms. The molecule has 0 saturated carbocycles. The van der Waals surface area contributed by atoms with Gasteiger partial charge in [-0.15, -0.1) is 0 Å². The zero-order chi connectivity index (χ0) is 15.9. The van der Waals surface area contributed by atoms with Gasteiger partial charge in [-0.25, -0.2) is 9.52 Å². The normalized spacial score (nSPS) is 10.2. The highest BCUT2D eigenvalue weighted by Gasteiger charge is 2.16. The van der Waals surface area contributed by atoms with Gasteiger partial charge < -0.3 is 9.84 Å². The molecule has 0 heterocycles. The van der Waals surface area contributed by atoms with Crippen LogP contribution in [0.1, 0.15) is 18.1 Å². The number of hydrogen-bond donors (Lipinski definition) is 3. The van der Waals surface area contributed by atoms with E-state index in [4.69, 9.17) is 5.11 Å². The number of benzene rings is 1. The highest BCUT2D eigenvalue weighted by atomic mass is 32.2. The van der Waals surface area contributed by atoms with Crippen molar-refractivity contribution in [2.75, 3.05) is 18.4 Å². The highest BCUT2D eigenvalue weighted by molar-refractivity contribution is 7.91. The fourth-order valence-electron chi connectivity index (χ4n) is 1.53. The van der Waals surface area contributed by atoms with Gasteiger partial charge in [-0.3, -0.25) is 4.72 Å². The van der Waals surface area contributed by atoms with E-state index in [0.29, 0.717) is 23.2 Å². The molecule has 0 aliphatic carbocycles. The Balaban J connectivity index is 3.00. The molecule has 114 valence electrons. The number of aliphatic hydroxyl groups excluding tert-OH is 1. The van der Waals surface area contributed by atoms with Gasteiger partial charge in [0.05, 0.1) is 12.8 Å². The predicted octanol–water partition coefficient (Wildman–Crippen LogP) is 0.605. The fourth-order valence-corrected chi connectivity index (χ4v) is 2.37. The molecule has 1 aromatic rings. The zero-order valence-electron chi connectivity index (χ0n) is 11.6. The van der Waals surface area contributed by atoms with Gasteiger partial charge in [-0.1, -0.05) is 18.8 Å². The molecule has 0 aliphatic heterocycles. The summed E-state index contributed by atoms with van der Waals surface area (Å²) in [5, 5.41) is 8.65. The van der Waals surface area contributed by atoms with Crippen LogP contribution >= 0.6 is 0 Å². The lowest BCUT2D eigenvalue weighted by molar-refractivity contribution is 0.177. The van der Waals surface area contributed by atoms with Crippen molar-refractivity contribution in [2.24, 2.45) is 0 Å². The first-order valence-corrected chi connectivity index (χ1v) is 7.51. The van der Waals surface area contributed by atoms with Crippen molar-refractivity contribution in [2.45, 2.75) is 13.3 Å². The Labute approximate surface area is 123 Å². The smallest absolute Gasteiger partial charge is 0.422 e. The Bertz CT molecular complexity index is 674. The third kappa shape index (κ3) is 5.33. The van der Waals surface area contributed by atoms with E-state index < -0.39 is 16.3 Å². The molecule has 1 amide bonds. The minimum absolute atomic E-state index is 0.251. The third-order valence-electron chi connectivity index (χ3n) is 2.45. The molecule has 0 saturated heterocycles. The summed E-state index contributed by atoms with van der Waals surface area (Å²) in [6, 6.07) is 4.85. The lowest BCUT2D eigenvalue weighted by Gasteiger charge is -2.12. The minimum Gasteiger partial charge on any atom is -0.452 e. The predicted molar refractivity (Wildman–Crippen MR) is 77.9 cm³/mol. The number of ether oxygens (including phenoxy) is 1. The van der Waals surface area contributed by atoms with Crippen LogP contribution in [0.25, 0.3) is 0 Å². The average Bonchev–Trinajstić information content (AvgIpc) is 2.45. The van der Waals surface area contributed by atoms with Crippen LogP contribution in [0.15, 0.2) is 18.2 Å². The summed E-state index contributed by atoms with van der Waals surface area (Å²) >= 11 is 0. The summed E-state index contributed by atoms with van der Waals surface area (Å²) in [4.78, 5) is 11.0. The van der Waals surface area contributed by atoms with Crippen molar-refractivity contribution in [3.05, 3.63) is 29.3 Å². The zero-order valence-corrected chi connectivity index (χ0v) is 12.5. The number of carbonyl (C=O) groups excluding carboxylic acids is 1. The van der Waals surface area contributed by atoms with Crippen molar-refractivity contribution in [1.29, 1.82) is 0 Å². The maximum absolute atomic E-state index is 11.7. The molecule has 1 rings (SSSR count). The van der Waals surface area contributed by atoms with Gasteiger partial charge in [0.2, 0.25) is 0 Å². The lowest BCUT2D eigenvalue weighted by Crippen LogP contribution is -2.35. The number of rotatable bonds is 4. The van der Waals surface area contributed by atoms with Crippen LogP contribution in [0.3, 0.4) is 0 Å². The van der Waals surface area contributed by atoms with Crippen molar-refractivity contribution in [1.82, 2.24) is 4.72 Å². The standard InChI is InChI=1S/C13H16N2O5S/c1-3-11-9-10(5-4-8-16)6-7-12(11)14-21(18,19)15-13(17)20-2/h6-7,9,14,16H,3,8H2,1-2H3,(H,15,17). The van der Waals surface area contributed by atoms with E-state index in [1.54, 1.807) is 16.9 Å². The maximum Gasteiger partial charge on any atom is 0.422 e. The molecule has 21 heavy (non-hydrogen) atoms. The molecule has 0 radical (unpaired) electrons. The maximum atomic E-state index is 11.7. The number of aryl methyl sites for hydroxylation is 1. The van der Waals surface area contributed by atoms with E-state index in [2.05, 4.69) is 21.3 Å². The van der Waals surface area contributed by atoms with Crippen LogP contribution in [0, 0.1) is 11.8 Å². The Morgan fingerprint density at radius 1 is 1.43 bits per heavy atom. The second-order valence-electron chi connectivity index (χ2n) is 3.88. The molecular formula is C13H16N2O5S. The SMILES string of the molecule is CCc1cc(C#CCO)ccc1NS(=O)(=O)NC(=O)OC. The van der Waals surface area contributed by atoms with Crippen LogP contribution in [0.5, 0.6) is 0 Å². The number of anilines is 1. The highest BCUT2D eigenvalue weighted by Crippen LogP contribution is 2.19. The number of amides is 1. The second-order valence-corrected chi connectivity index (χ2v) is 5.30. The number of aliphatic hydroxyl groups is 1. The number of nitrogens with one attached hydrogen (secondary N) is 2. The summed E-state index contributed by atoms with van der Waals surface area (Å²) in [6.45, 7) is 1.60. The summed E-state index contributed by atoms with van der Waals surface area (Å²) in [5.41, 5.74) is 1.70. The van der Waals surface area contributed by atoms with Gasteiger partial charge in [0.25, 0.3) is 0 Å². The molecule has 7 nitrogen and oxygen atoms in total. The molecule has 0 atom stereocenters. The van der Waals surface area contributed by atoms with E-state index in [-0.39, 0.29) is 6.61 Å². The number of hydrogen-bond acceptors (Lipinski definition) is 5. The van der Waals surface area contributed by atoms with Crippen LogP contribution in [0.2, 0.25) is 0 Å². The monoisotopic (exact) mass is 312 g/mol. The van der Waals surface area contributed by atoms with E-state index in [1.165, 1.54) is 6.07 Å². The van der Waals surface area contributed by atoms with E-state index >= 15 is 0 Å². The first kappa shape index (κ1) is 16.8. The largest absolute Gasteiger partial charge is 0.452 e. The van der Waals surface area contributed by atoms with Crippen molar-refractivity contribution in [3.8, 4) is 11.8 Å². The first-order chi connectivity index (χ1) is 9.91. The van der Waals surface area contributed by atoms with Crippen molar-refractivity contribution < 1.29 is 23.1 Å². The quantitative estimate of drug-likeness (QED) is 0.706. The summed E-state index contributed by atoms with van der Waals surface area (Å²) in [6.07, 6.45) is -0.518. The Morgan fingerprint density at radius 3 is 2.71 bits per heavy atom. The summed E-state index contributed by atoms with van der Waals surface area (Å²) < 4.78 is 31.6. The van der Waals surface area contributed by atoms with E-state index in [9.17, 15) is 13.2 Å². The molecule has 0 fully saturated rings. The van der Waals surface area contributed by atoms with Gasteiger partial charge in [0, 0.05) is 5.56 Å². The van der Waals surface area contributed by atoms with Gasteiger partial charge in [0.1, 0.15) is 6.61 Å². The van der Waals surface area contributed by atoms with Crippen LogP contribution < -0.4 is 9.44 Å². The Morgan fingerprint density at radius 2 is 2.14 bits per heavy atom. The minimum atomic E-state index is -4.06. The van der Waals surface area contributed by atoms with Gasteiger partial charge >= 0.3 is 16.3 Å². The number of carbonyl (C=O) groups is 1. The first-order valence-electron chi connectivity index (χ1n) is 6.03. The molecule has 3 N–H and O–H groups in total. The average molecular weight is 312 g/mol. The molecule has 0 unspecified atom stereocenters. The molecule has 8 heteroatoms. The second kappa shape index (κ2) is 7.52. The summed E-state index contributed by atoms with van der Waals surface area (Å²) in [5.74, 6) is 5.24. The molecule has 0 aliphatic rings. The van der Waals surface area contributed by atoms with E-state index in [0.717, 1.165) is 7.11 Å². The lowest BCUT2D eigenvalue weighted by atomic mass is 10.1. The van der Waals surface area contributed by atoms with E-state index in [1.807, 2.05) is 6.92 Å². The molecular weight excluding hydrogens is 296 g/mol. The molecule has 0 aromatic heterocycles. The molecule has 1 aromatic carbocycles. The van der Waals surface area contributed by atoms with Crippen LogP contribution in [-0.4, -0.2) is 33.3 Å². The van der Waals surface area contributed by atoms with Crippen molar-refractivity contribution in [3.63, 3.8) is 0 Å². The van der Waals surface area contributed by atoms with Crippen molar-refractivity contribution >= 4 is 22.0 Å². The number of methoxy groups -OCH3 is 1. The molecule has 0 spiro atoms. The fraction of sp³-hybridized carbons (Fsp3) is 0.308. The van der Waals surface area contributed by atoms with Crippen LogP contribution in [-0.2, 0) is 21.4 Å². The van der Waals surface area contributed by atoms with Gasteiger partial charge in [-0.2, -0.15) is 8.42 Å². The van der Waals surface area contributed by atoms with Crippen LogP contribution in [0.4, 0.5) is 10.5 Å². The third-order valence-corrected chi connectivity index (χ3v) is 3.37. The topological polar surface area (TPSA) is 105 Å². The van der Waals surface area contributed by atoms with Gasteiger partial charge in [-0.05, 0) is 30.2 Å². The Kier molecular flexibility index (Phi) is 6.02.